The summed E-state index contributed by atoms with van der Waals surface area (Å²) in [7, 11) is 0. The molecule has 1 aromatic heterocycles. The van der Waals surface area contributed by atoms with Crippen LogP contribution in [0, 0.1) is 12.7 Å². The number of urea groups is 1. The smallest absolute Gasteiger partial charge is 0.332 e. The first-order valence-electron chi connectivity index (χ1n) is 11.2. The van der Waals surface area contributed by atoms with Crippen LogP contribution in [-0.2, 0) is 9.59 Å². The number of furan rings is 1. The molecule has 2 aliphatic heterocycles. The van der Waals surface area contributed by atoms with Crippen molar-refractivity contribution in [3.63, 3.8) is 0 Å². The molecule has 0 spiro atoms. The van der Waals surface area contributed by atoms with Gasteiger partial charge in [0.05, 0.1) is 12.0 Å². The number of rotatable bonds is 5. The maximum atomic E-state index is 13.4. The minimum Gasteiger partial charge on any atom is -0.467 e. The summed E-state index contributed by atoms with van der Waals surface area (Å²) < 4.78 is 18.9. The number of benzene rings is 2. The van der Waals surface area contributed by atoms with E-state index in [1.54, 1.807) is 19.1 Å². The number of anilines is 1. The zero-order valence-electron chi connectivity index (χ0n) is 19.2. The average Bonchev–Trinajstić information content (AvgIpc) is 3.57. The number of hydrogen-bond donors (Lipinski definition) is 0. The lowest BCUT2D eigenvalue weighted by molar-refractivity contribution is -0.138. The summed E-state index contributed by atoms with van der Waals surface area (Å²) in [5, 5.41) is 5.85. The van der Waals surface area contributed by atoms with E-state index in [9.17, 15) is 18.8 Å². The van der Waals surface area contributed by atoms with E-state index in [0.717, 1.165) is 16.0 Å². The number of halogens is 1. The molecule has 1 fully saturated rings. The van der Waals surface area contributed by atoms with Crippen LogP contribution in [0.1, 0.15) is 36.3 Å². The molecule has 9 heteroatoms. The Balaban J connectivity index is 1.40. The number of nitrogens with zero attached hydrogens (tertiary/aromatic N) is 4. The van der Waals surface area contributed by atoms with Crippen molar-refractivity contribution in [2.75, 3.05) is 11.4 Å². The maximum absolute atomic E-state index is 13.4. The number of carbonyl (C=O) groups is 3. The molecular formula is C26H23FN4O4. The van der Waals surface area contributed by atoms with Crippen molar-refractivity contribution < 1.29 is 23.2 Å². The average molecular weight is 474 g/mol. The van der Waals surface area contributed by atoms with E-state index in [-0.39, 0.29) is 0 Å². The van der Waals surface area contributed by atoms with Gasteiger partial charge < -0.3 is 4.42 Å². The molecule has 178 valence electrons. The van der Waals surface area contributed by atoms with Crippen LogP contribution in [0.25, 0.3) is 0 Å². The van der Waals surface area contributed by atoms with Gasteiger partial charge in [-0.15, -0.1) is 0 Å². The topological polar surface area (TPSA) is 86.4 Å². The SMILES string of the molecule is Cc1ccc(C2=NN(C(=O)CN3C(=O)C(C)N(c4ccc(F)cc4)C3=O)C(c3ccco3)C2)cc1. The van der Waals surface area contributed by atoms with E-state index in [4.69, 9.17) is 4.42 Å². The molecule has 0 aliphatic carbocycles. The van der Waals surface area contributed by atoms with E-state index < -0.39 is 42.3 Å². The standard InChI is InChI=1S/C26H23FN4O4/c1-16-5-7-18(8-6-16)21-14-22(23-4-3-13-35-23)31(28-21)24(32)15-29-25(33)17(2)30(26(29)34)20-11-9-19(27)10-12-20/h3-13,17,22H,14-15H2,1-2H3. The zero-order valence-corrected chi connectivity index (χ0v) is 19.2. The third kappa shape index (κ3) is 4.09. The lowest BCUT2D eigenvalue weighted by atomic mass is 10.0. The second-order valence-corrected chi connectivity index (χ2v) is 8.62. The third-order valence-corrected chi connectivity index (χ3v) is 6.27. The van der Waals surface area contributed by atoms with Gasteiger partial charge in [-0.25, -0.2) is 14.2 Å². The normalized spacial score (nSPS) is 20.1. The first-order valence-corrected chi connectivity index (χ1v) is 11.2. The van der Waals surface area contributed by atoms with Crippen LogP contribution in [-0.4, -0.2) is 46.1 Å². The second-order valence-electron chi connectivity index (χ2n) is 8.62. The fourth-order valence-corrected chi connectivity index (χ4v) is 4.38. The second kappa shape index (κ2) is 8.83. The Labute approximate surface area is 201 Å². The van der Waals surface area contributed by atoms with Crippen LogP contribution in [0.15, 0.2) is 76.4 Å². The predicted octanol–water partition coefficient (Wildman–Crippen LogP) is 4.26. The van der Waals surface area contributed by atoms with Crippen molar-refractivity contribution in [1.82, 2.24) is 9.91 Å². The first-order chi connectivity index (χ1) is 16.8. The molecule has 1 saturated heterocycles. The minimum absolute atomic E-state index is 0.376. The van der Waals surface area contributed by atoms with Gasteiger partial charge in [0.15, 0.2) is 0 Å². The number of amides is 4. The number of hydrazone groups is 1. The highest BCUT2D eigenvalue weighted by atomic mass is 19.1. The Hall–Kier alpha value is -4.27. The molecule has 3 heterocycles. The third-order valence-electron chi connectivity index (χ3n) is 6.27. The van der Waals surface area contributed by atoms with Gasteiger partial charge >= 0.3 is 6.03 Å². The molecule has 0 saturated carbocycles. The Morgan fingerprint density at radius 3 is 2.46 bits per heavy atom. The van der Waals surface area contributed by atoms with Gasteiger partial charge in [0.2, 0.25) is 0 Å². The lowest BCUT2D eigenvalue weighted by Gasteiger charge is -2.22. The molecule has 5 rings (SSSR count). The molecule has 8 nitrogen and oxygen atoms in total. The highest BCUT2D eigenvalue weighted by Crippen LogP contribution is 2.34. The molecule has 0 N–H and O–H groups in total. The zero-order chi connectivity index (χ0) is 24.7. The largest absolute Gasteiger partial charge is 0.467 e. The van der Waals surface area contributed by atoms with Crippen LogP contribution >= 0.6 is 0 Å². The number of hydrogen-bond acceptors (Lipinski definition) is 5. The summed E-state index contributed by atoms with van der Waals surface area (Å²) in [5.41, 5.74) is 3.07. The summed E-state index contributed by atoms with van der Waals surface area (Å²) in [4.78, 5) is 41.6. The maximum Gasteiger partial charge on any atom is 0.332 e. The highest BCUT2D eigenvalue weighted by Gasteiger charge is 2.45. The molecule has 0 bridgehead atoms. The molecule has 35 heavy (non-hydrogen) atoms. The molecule has 3 aromatic rings. The minimum atomic E-state index is -0.827. The van der Waals surface area contributed by atoms with Crippen LogP contribution in [0.3, 0.4) is 0 Å². The highest BCUT2D eigenvalue weighted by molar-refractivity contribution is 6.15. The molecule has 4 amide bonds. The number of carbonyl (C=O) groups excluding carboxylic acids is 3. The van der Waals surface area contributed by atoms with Gasteiger partial charge in [-0.1, -0.05) is 29.8 Å². The van der Waals surface area contributed by atoms with Crippen LogP contribution < -0.4 is 4.90 Å². The van der Waals surface area contributed by atoms with Crippen molar-refractivity contribution in [3.05, 3.63) is 89.6 Å². The first kappa shape index (κ1) is 22.5. The van der Waals surface area contributed by atoms with Gasteiger partial charge in [-0.2, -0.15) is 5.10 Å². The van der Waals surface area contributed by atoms with Crippen LogP contribution in [0.2, 0.25) is 0 Å². The monoisotopic (exact) mass is 474 g/mol. The number of imide groups is 1. The predicted molar refractivity (Wildman–Crippen MR) is 126 cm³/mol. The molecule has 2 aliphatic rings. The van der Waals surface area contributed by atoms with Gasteiger partial charge in [-0.05, 0) is 55.8 Å². The summed E-state index contributed by atoms with van der Waals surface area (Å²) >= 11 is 0. The van der Waals surface area contributed by atoms with Crippen molar-refractivity contribution in [2.24, 2.45) is 5.10 Å². The molecule has 2 atom stereocenters. The number of aryl methyl sites for hydroxylation is 1. The van der Waals surface area contributed by atoms with E-state index in [1.165, 1.54) is 40.4 Å². The van der Waals surface area contributed by atoms with E-state index in [2.05, 4.69) is 5.10 Å². The fourth-order valence-electron chi connectivity index (χ4n) is 4.38. The van der Waals surface area contributed by atoms with E-state index in [1.807, 2.05) is 31.2 Å². The van der Waals surface area contributed by atoms with Crippen LogP contribution in [0.4, 0.5) is 14.9 Å². The summed E-state index contributed by atoms with van der Waals surface area (Å²) in [6.45, 7) is 3.09. The Morgan fingerprint density at radius 2 is 1.80 bits per heavy atom. The summed E-state index contributed by atoms with van der Waals surface area (Å²) in [5.74, 6) is -0.913. The van der Waals surface area contributed by atoms with Gasteiger partial charge in [0.1, 0.15) is 30.2 Å². The van der Waals surface area contributed by atoms with Crippen molar-refractivity contribution in [1.29, 1.82) is 0 Å². The Bertz CT molecular complexity index is 1300. The van der Waals surface area contributed by atoms with Crippen molar-refractivity contribution in [3.8, 4) is 0 Å². The van der Waals surface area contributed by atoms with Crippen molar-refractivity contribution in [2.45, 2.75) is 32.4 Å². The fraction of sp³-hybridized carbons (Fsp3) is 0.231. The lowest BCUT2D eigenvalue weighted by Crippen LogP contribution is -2.42. The van der Waals surface area contributed by atoms with Crippen molar-refractivity contribution >= 4 is 29.2 Å². The molecule has 2 aromatic carbocycles. The van der Waals surface area contributed by atoms with Gasteiger partial charge in [0, 0.05) is 12.1 Å². The van der Waals surface area contributed by atoms with E-state index >= 15 is 0 Å². The molecule has 0 radical (unpaired) electrons. The summed E-state index contributed by atoms with van der Waals surface area (Å²) in [6, 6.07) is 14.6. The molecular weight excluding hydrogens is 451 g/mol. The molecule has 2 unspecified atom stereocenters. The Morgan fingerprint density at radius 1 is 1.09 bits per heavy atom. The van der Waals surface area contributed by atoms with Gasteiger partial charge in [0.25, 0.3) is 11.8 Å². The quantitative estimate of drug-likeness (QED) is 0.517. The Kier molecular flexibility index (Phi) is 5.68. The van der Waals surface area contributed by atoms with Crippen LogP contribution in [0.5, 0.6) is 0 Å². The van der Waals surface area contributed by atoms with Gasteiger partial charge in [-0.3, -0.25) is 19.4 Å². The van der Waals surface area contributed by atoms with E-state index in [0.29, 0.717) is 23.6 Å². The summed E-state index contributed by atoms with van der Waals surface area (Å²) in [6.07, 6.45) is 1.96.